The second kappa shape index (κ2) is 25.2. The van der Waals surface area contributed by atoms with E-state index < -0.39 is 0 Å². The average molecular weight is 781 g/mol. The molecule has 0 radical (unpaired) electrons. The molecule has 1 aliphatic heterocycles. The van der Waals surface area contributed by atoms with Gasteiger partial charge in [0.15, 0.2) is 0 Å². The van der Waals surface area contributed by atoms with Gasteiger partial charge in [0, 0.05) is 21.0 Å². The molecule has 3 rings (SSSR count). The lowest BCUT2D eigenvalue weighted by Gasteiger charge is -2.41. The molecule has 4 heteroatoms. The van der Waals surface area contributed by atoms with E-state index in [-0.39, 0.29) is 10.8 Å². The molecule has 0 bridgehead atoms. The largest absolute Gasteiger partial charge is 0.508 e. The van der Waals surface area contributed by atoms with Crippen LogP contribution in [0.25, 0.3) is 0 Å². The van der Waals surface area contributed by atoms with Crippen LogP contribution in [0.1, 0.15) is 219 Å². The molecule has 4 atom stereocenters. The van der Waals surface area contributed by atoms with Gasteiger partial charge in [-0.25, -0.2) is 0 Å². The molecule has 2 aromatic rings. The van der Waals surface area contributed by atoms with Crippen molar-refractivity contribution in [2.24, 2.45) is 0 Å². The molecular formula is C50H84O2S2. The molecule has 0 aromatic heterocycles. The van der Waals surface area contributed by atoms with E-state index in [2.05, 4.69) is 103 Å². The third-order valence-electron chi connectivity index (χ3n) is 11.9. The van der Waals surface area contributed by atoms with Crippen LogP contribution in [0.4, 0.5) is 0 Å². The van der Waals surface area contributed by atoms with Crippen molar-refractivity contribution in [2.75, 3.05) is 0 Å². The molecule has 54 heavy (non-hydrogen) atoms. The van der Waals surface area contributed by atoms with Crippen LogP contribution in [0.2, 0.25) is 0 Å². The van der Waals surface area contributed by atoms with E-state index in [0.717, 1.165) is 45.0 Å². The van der Waals surface area contributed by atoms with Crippen molar-refractivity contribution in [1.82, 2.24) is 0 Å². The van der Waals surface area contributed by atoms with Crippen molar-refractivity contribution in [1.29, 1.82) is 0 Å². The Hall–Kier alpha value is -1.26. The van der Waals surface area contributed by atoms with E-state index in [1.165, 1.54) is 152 Å². The highest BCUT2D eigenvalue weighted by Crippen LogP contribution is 2.48. The zero-order valence-corrected chi connectivity index (χ0v) is 38.1. The SMILES string of the molecule is CCCCCCC1SC(CCCCCC)C(CCCCCCCc2ccc(C(C)(C)C)c(O)c2)SC1CCCCCCCc1ccc(C(C)(C)C)c(O)c1. The van der Waals surface area contributed by atoms with Crippen LogP contribution in [0, 0.1) is 0 Å². The van der Waals surface area contributed by atoms with Gasteiger partial charge >= 0.3 is 0 Å². The number of aromatic hydroxyl groups is 2. The summed E-state index contributed by atoms with van der Waals surface area (Å²) < 4.78 is 0. The fraction of sp³-hybridized carbons (Fsp3) is 0.760. The molecule has 308 valence electrons. The Morgan fingerprint density at radius 3 is 1.02 bits per heavy atom. The molecular weight excluding hydrogens is 697 g/mol. The Labute approximate surface area is 343 Å². The fourth-order valence-electron chi connectivity index (χ4n) is 8.50. The smallest absolute Gasteiger partial charge is 0.119 e. The number of thioether (sulfide) groups is 2. The second-order valence-electron chi connectivity index (χ2n) is 18.9. The minimum atomic E-state index is -0.0183. The second-order valence-corrected chi connectivity index (χ2v) is 21.9. The summed E-state index contributed by atoms with van der Waals surface area (Å²) in [5.41, 5.74) is 4.61. The van der Waals surface area contributed by atoms with Gasteiger partial charge in [-0.05, 0) is 96.6 Å². The highest BCUT2D eigenvalue weighted by Gasteiger charge is 2.37. The molecule has 0 spiro atoms. The molecule has 4 unspecified atom stereocenters. The van der Waals surface area contributed by atoms with E-state index in [4.69, 9.17) is 0 Å². The summed E-state index contributed by atoms with van der Waals surface area (Å²) in [5, 5.41) is 24.5. The third-order valence-corrected chi connectivity index (χ3v) is 15.9. The van der Waals surface area contributed by atoms with Crippen molar-refractivity contribution in [3.63, 3.8) is 0 Å². The quantitative estimate of drug-likeness (QED) is 0.0933. The Bertz CT molecular complexity index is 1190. The van der Waals surface area contributed by atoms with Gasteiger partial charge < -0.3 is 10.2 Å². The summed E-state index contributed by atoms with van der Waals surface area (Å²) in [5.74, 6) is 0.925. The topological polar surface area (TPSA) is 40.5 Å². The van der Waals surface area contributed by atoms with Gasteiger partial charge in [0.2, 0.25) is 0 Å². The van der Waals surface area contributed by atoms with E-state index in [0.29, 0.717) is 11.5 Å². The van der Waals surface area contributed by atoms with E-state index >= 15 is 0 Å². The van der Waals surface area contributed by atoms with Gasteiger partial charge in [0.25, 0.3) is 0 Å². The minimum absolute atomic E-state index is 0.0183. The summed E-state index contributed by atoms with van der Waals surface area (Å²) in [6, 6.07) is 12.7. The van der Waals surface area contributed by atoms with Crippen LogP contribution >= 0.6 is 23.5 Å². The van der Waals surface area contributed by atoms with Crippen molar-refractivity contribution < 1.29 is 10.2 Å². The summed E-state index contributed by atoms with van der Waals surface area (Å²) >= 11 is 4.89. The van der Waals surface area contributed by atoms with Crippen molar-refractivity contribution in [2.45, 2.75) is 241 Å². The molecule has 1 saturated heterocycles. The molecule has 1 heterocycles. The standard InChI is InChI=1S/C50H84O2S2/c1-9-11-13-23-29-45-47(31-25-19-15-17-21-27-39-33-35-41(43(51)37-39)49(3,4)5)54-48(46(53-45)30-24-14-12-10-2)32-26-20-16-18-22-28-40-34-36-42(44(52)38-40)50(6,7)8/h33-38,45-48,51-52H,9-32H2,1-8H3. The zero-order chi connectivity index (χ0) is 39.4. The number of hydrogen-bond acceptors (Lipinski definition) is 4. The predicted molar refractivity (Wildman–Crippen MR) is 244 cm³/mol. The highest BCUT2D eigenvalue weighted by atomic mass is 32.2. The normalized spacial score (nSPS) is 19.4. The Kier molecular flexibility index (Phi) is 22.0. The number of rotatable bonds is 26. The maximum absolute atomic E-state index is 10.6. The van der Waals surface area contributed by atoms with E-state index in [9.17, 15) is 10.2 Å². The van der Waals surface area contributed by atoms with Crippen LogP contribution in [0.15, 0.2) is 36.4 Å². The molecule has 0 aliphatic carbocycles. The van der Waals surface area contributed by atoms with Gasteiger partial charge in [-0.15, -0.1) is 0 Å². The highest BCUT2D eigenvalue weighted by molar-refractivity contribution is 8.07. The van der Waals surface area contributed by atoms with Crippen LogP contribution in [0.5, 0.6) is 11.5 Å². The van der Waals surface area contributed by atoms with Gasteiger partial charge in [-0.3, -0.25) is 0 Å². The molecule has 0 saturated carbocycles. The maximum atomic E-state index is 10.6. The lowest BCUT2D eigenvalue weighted by molar-refractivity contribution is 0.445. The Morgan fingerprint density at radius 1 is 0.426 bits per heavy atom. The lowest BCUT2D eigenvalue weighted by Crippen LogP contribution is -2.36. The van der Waals surface area contributed by atoms with Gasteiger partial charge in [-0.2, -0.15) is 23.5 Å². The zero-order valence-electron chi connectivity index (χ0n) is 36.5. The molecule has 1 fully saturated rings. The van der Waals surface area contributed by atoms with E-state index in [1.54, 1.807) is 0 Å². The molecule has 2 N–H and O–H groups in total. The number of phenols is 2. The summed E-state index contributed by atoms with van der Waals surface area (Å²) in [6.07, 6.45) is 32.1. The summed E-state index contributed by atoms with van der Waals surface area (Å²) in [7, 11) is 0. The Morgan fingerprint density at radius 2 is 0.722 bits per heavy atom. The Balaban J connectivity index is 1.46. The number of hydrogen-bond donors (Lipinski definition) is 2. The van der Waals surface area contributed by atoms with Crippen LogP contribution in [-0.4, -0.2) is 31.2 Å². The van der Waals surface area contributed by atoms with Crippen molar-refractivity contribution >= 4 is 23.5 Å². The first-order valence-corrected chi connectivity index (χ1v) is 24.7. The molecule has 0 amide bonds. The number of phenolic OH excluding ortho intramolecular Hbond substituents is 2. The molecule has 1 aliphatic rings. The van der Waals surface area contributed by atoms with Gasteiger partial charge in [0.1, 0.15) is 11.5 Å². The van der Waals surface area contributed by atoms with Crippen LogP contribution < -0.4 is 0 Å². The first-order chi connectivity index (χ1) is 25.8. The van der Waals surface area contributed by atoms with Gasteiger partial charge in [-0.1, -0.05) is 182 Å². The monoisotopic (exact) mass is 781 g/mol. The number of unbranched alkanes of at least 4 members (excludes halogenated alkanes) is 14. The average Bonchev–Trinajstić information content (AvgIpc) is 3.11. The fourth-order valence-corrected chi connectivity index (χ4v) is 12.6. The first kappa shape index (κ1) is 47.1. The predicted octanol–water partition coefficient (Wildman–Crippen LogP) is 16.1. The number of benzene rings is 2. The molecule has 2 aromatic carbocycles. The van der Waals surface area contributed by atoms with Crippen LogP contribution in [0.3, 0.4) is 0 Å². The lowest BCUT2D eigenvalue weighted by atomic mass is 9.85. The minimum Gasteiger partial charge on any atom is -0.508 e. The molecule has 2 nitrogen and oxygen atoms in total. The van der Waals surface area contributed by atoms with Crippen molar-refractivity contribution in [3.05, 3.63) is 58.7 Å². The van der Waals surface area contributed by atoms with Crippen molar-refractivity contribution in [3.8, 4) is 11.5 Å². The third kappa shape index (κ3) is 17.5. The summed E-state index contributed by atoms with van der Waals surface area (Å²) in [4.78, 5) is 0. The maximum Gasteiger partial charge on any atom is 0.119 e. The first-order valence-electron chi connectivity index (χ1n) is 22.8. The van der Waals surface area contributed by atoms with Crippen LogP contribution in [-0.2, 0) is 23.7 Å². The summed E-state index contributed by atoms with van der Waals surface area (Å²) in [6.45, 7) is 17.7. The number of aryl methyl sites for hydroxylation is 2. The van der Waals surface area contributed by atoms with Gasteiger partial charge in [0.05, 0.1) is 0 Å². The van der Waals surface area contributed by atoms with E-state index in [1.807, 2.05) is 12.1 Å².